The van der Waals surface area contributed by atoms with Gasteiger partial charge in [0.2, 0.25) is 0 Å². The monoisotopic (exact) mass is 959 g/mol. The third-order valence-electron chi connectivity index (χ3n) is 12.1. The van der Waals surface area contributed by atoms with Crippen LogP contribution in [0.4, 0.5) is 0 Å². The first-order valence-corrected chi connectivity index (χ1v) is 28.7. The van der Waals surface area contributed by atoms with Gasteiger partial charge >= 0.3 is 17.9 Å². The van der Waals surface area contributed by atoms with E-state index in [9.17, 15) is 14.4 Å². The van der Waals surface area contributed by atoms with Crippen molar-refractivity contribution in [3.8, 4) is 0 Å². The molecule has 0 bridgehead atoms. The number of rotatable bonds is 51. The predicted molar refractivity (Wildman–Crippen MR) is 297 cm³/mol. The molecule has 0 aliphatic heterocycles. The number of esters is 3. The van der Waals surface area contributed by atoms with Gasteiger partial charge in [-0.25, -0.2) is 0 Å². The molecule has 0 heterocycles. The quantitative estimate of drug-likeness (QED) is 0.0262. The second kappa shape index (κ2) is 56.9. The van der Waals surface area contributed by atoms with Crippen LogP contribution in [0, 0.1) is 0 Å². The van der Waals surface area contributed by atoms with Crippen LogP contribution in [0.1, 0.15) is 265 Å². The van der Waals surface area contributed by atoms with E-state index in [0.717, 1.165) is 122 Å². The Morgan fingerprint density at radius 2 is 0.565 bits per heavy atom. The summed E-state index contributed by atoms with van der Waals surface area (Å²) in [5, 5.41) is 0. The fourth-order valence-electron chi connectivity index (χ4n) is 7.77. The minimum atomic E-state index is -0.792. The lowest BCUT2D eigenvalue weighted by atomic mass is 10.1. The van der Waals surface area contributed by atoms with E-state index in [1.165, 1.54) is 103 Å². The number of hydrogen-bond acceptors (Lipinski definition) is 6. The van der Waals surface area contributed by atoms with Crippen LogP contribution in [0.3, 0.4) is 0 Å². The first kappa shape index (κ1) is 65.3. The summed E-state index contributed by atoms with van der Waals surface area (Å²) < 4.78 is 16.8. The van der Waals surface area contributed by atoms with Gasteiger partial charge in [-0.2, -0.15) is 0 Å². The summed E-state index contributed by atoms with van der Waals surface area (Å²) in [6.45, 7) is 6.47. The first-order valence-electron chi connectivity index (χ1n) is 28.7. The largest absolute Gasteiger partial charge is 0.462 e. The van der Waals surface area contributed by atoms with Gasteiger partial charge in [0.15, 0.2) is 6.10 Å². The normalized spacial score (nSPS) is 12.8. The minimum absolute atomic E-state index is 0.0881. The SMILES string of the molecule is CC/C=C\C/C=C\C/C=C\C/C=C\C/C=C\C/C=C\CCCCCCC(=O)OCC(COC(=O)CCCCCCCCCCCC)OC(=O)CCCCCCCCC/C=C\C/C=C\CCCCCC. The first-order chi connectivity index (χ1) is 34.0. The summed E-state index contributed by atoms with van der Waals surface area (Å²) in [6, 6.07) is 0. The van der Waals surface area contributed by atoms with E-state index in [0.29, 0.717) is 19.3 Å². The van der Waals surface area contributed by atoms with Crippen molar-refractivity contribution in [1.82, 2.24) is 0 Å². The maximum atomic E-state index is 12.8. The van der Waals surface area contributed by atoms with E-state index in [4.69, 9.17) is 14.2 Å². The van der Waals surface area contributed by atoms with Gasteiger partial charge in [0.25, 0.3) is 0 Å². The van der Waals surface area contributed by atoms with E-state index in [1.54, 1.807) is 0 Å². The van der Waals surface area contributed by atoms with Crippen molar-refractivity contribution in [3.05, 3.63) is 97.2 Å². The molecular formula is C63H106O6. The number of carbonyl (C=O) groups is 3. The topological polar surface area (TPSA) is 78.9 Å². The van der Waals surface area contributed by atoms with Gasteiger partial charge in [-0.15, -0.1) is 0 Å². The van der Waals surface area contributed by atoms with Crippen molar-refractivity contribution in [2.75, 3.05) is 13.2 Å². The molecule has 0 aromatic carbocycles. The predicted octanol–water partition coefficient (Wildman–Crippen LogP) is 19.3. The number of allylic oxidation sites excluding steroid dienone is 16. The van der Waals surface area contributed by atoms with Crippen LogP contribution >= 0.6 is 0 Å². The maximum Gasteiger partial charge on any atom is 0.306 e. The fraction of sp³-hybridized carbons (Fsp3) is 0.698. The molecule has 0 spiro atoms. The van der Waals surface area contributed by atoms with Crippen molar-refractivity contribution in [2.24, 2.45) is 0 Å². The van der Waals surface area contributed by atoms with Gasteiger partial charge in [0, 0.05) is 19.3 Å². The lowest BCUT2D eigenvalue weighted by Crippen LogP contribution is -2.30. The van der Waals surface area contributed by atoms with Gasteiger partial charge in [-0.05, 0) is 103 Å². The Hall–Kier alpha value is -3.67. The Balaban J connectivity index is 4.38. The highest BCUT2D eigenvalue weighted by molar-refractivity contribution is 5.71. The molecule has 0 aromatic rings. The average Bonchev–Trinajstić information content (AvgIpc) is 3.35. The molecule has 6 nitrogen and oxygen atoms in total. The van der Waals surface area contributed by atoms with Gasteiger partial charge in [0.1, 0.15) is 13.2 Å². The standard InChI is InChI=1S/C63H106O6/c1-4-7-10-13-16-19-22-24-26-28-30-31-32-33-34-36-37-39-41-44-47-50-53-56-62(65)68-59-60(58-67-61(64)55-52-49-46-43-21-18-15-12-9-6-3)69-63(66)57-54-51-48-45-42-40-38-35-29-27-25-23-20-17-14-11-8-5-2/h7,10,16,19-20,23-24,26-27,29-31,33-34,37,39,60H,4-6,8-9,11-15,17-18,21-22,25,28,32,35-36,38,40-59H2,1-3H3/b10-7-,19-16-,23-20-,26-24-,29-27-,31-30-,34-33-,39-37-. The Morgan fingerprint density at radius 1 is 0.304 bits per heavy atom. The van der Waals surface area contributed by atoms with E-state index < -0.39 is 6.10 Å². The summed E-state index contributed by atoms with van der Waals surface area (Å²) in [7, 11) is 0. The van der Waals surface area contributed by atoms with Crippen molar-refractivity contribution < 1.29 is 28.6 Å². The molecule has 0 aliphatic rings. The summed E-state index contributed by atoms with van der Waals surface area (Å²) in [5.41, 5.74) is 0. The van der Waals surface area contributed by atoms with Crippen LogP contribution in [0.2, 0.25) is 0 Å². The molecule has 0 amide bonds. The third-order valence-corrected chi connectivity index (χ3v) is 12.1. The highest BCUT2D eigenvalue weighted by Gasteiger charge is 2.19. The second-order valence-electron chi connectivity index (χ2n) is 18.8. The molecule has 394 valence electrons. The third kappa shape index (κ3) is 55.1. The molecule has 1 atom stereocenters. The molecule has 0 aromatic heterocycles. The molecule has 0 aliphatic carbocycles. The van der Waals surface area contributed by atoms with Gasteiger partial charge in [0.05, 0.1) is 0 Å². The van der Waals surface area contributed by atoms with Crippen LogP contribution in [0.15, 0.2) is 97.2 Å². The van der Waals surface area contributed by atoms with E-state index in [2.05, 4.69) is 118 Å². The lowest BCUT2D eigenvalue weighted by Gasteiger charge is -2.18. The van der Waals surface area contributed by atoms with E-state index in [1.807, 2.05) is 0 Å². The van der Waals surface area contributed by atoms with Gasteiger partial charge in [-0.3, -0.25) is 14.4 Å². The molecule has 0 fully saturated rings. The van der Waals surface area contributed by atoms with Crippen LogP contribution < -0.4 is 0 Å². The Morgan fingerprint density at radius 3 is 0.899 bits per heavy atom. The zero-order valence-electron chi connectivity index (χ0n) is 45.0. The van der Waals surface area contributed by atoms with E-state index >= 15 is 0 Å². The summed E-state index contributed by atoms with van der Waals surface area (Å²) in [4.78, 5) is 38.1. The summed E-state index contributed by atoms with van der Waals surface area (Å²) >= 11 is 0. The lowest BCUT2D eigenvalue weighted by molar-refractivity contribution is -0.167. The Bertz CT molecular complexity index is 1380. The van der Waals surface area contributed by atoms with Crippen molar-refractivity contribution in [2.45, 2.75) is 271 Å². The number of hydrogen-bond donors (Lipinski definition) is 0. The number of ether oxygens (including phenoxy) is 3. The minimum Gasteiger partial charge on any atom is -0.462 e. The molecule has 0 radical (unpaired) electrons. The van der Waals surface area contributed by atoms with Crippen molar-refractivity contribution in [1.29, 1.82) is 0 Å². The van der Waals surface area contributed by atoms with Crippen LogP contribution in [-0.2, 0) is 28.6 Å². The molecule has 0 rings (SSSR count). The van der Waals surface area contributed by atoms with Gasteiger partial charge < -0.3 is 14.2 Å². The zero-order valence-corrected chi connectivity index (χ0v) is 45.0. The molecule has 6 heteroatoms. The Labute approximate surface area is 426 Å². The fourth-order valence-corrected chi connectivity index (χ4v) is 7.77. The number of carbonyl (C=O) groups excluding carboxylic acids is 3. The molecule has 0 saturated carbocycles. The summed E-state index contributed by atoms with van der Waals surface area (Å²) in [5.74, 6) is -0.921. The second-order valence-corrected chi connectivity index (χ2v) is 18.8. The molecule has 0 saturated heterocycles. The molecule has 1 unspecified atom stereocenters. The van der Waals surface area contributed by atoms with Crippen LogP contribution in [-0.4, -0.2) is 37.2 Å². The molecular weight excluding hydrogens is 853 g/mol. The maximum absolute atomic E-state index is 12.8. The van der Waals surface area contributed by atoms with Crippen LogP contribution in [0.5, 0.6) is 0 Å². The number of unbranched alkanes of at least 4 members (excludes halogenated alkanes) is 24. The highest BCUT2D eigenvalue weighted by Crippen LogP contribution is 2.14. The molecule has 0 N–H and O–H groups in total. The average molecular weight is 960 g/mol. The van der Waals surface area contributed by atoms with Gasteiger partial charge in [-0.1, -0.05) is 240 Å². The smallest absolute Gasteiger partial charge is 0.306 e. The van der Waals surface area contributed by atoms with Crippen molar-refractivity contribution >= 4 is 17.9 Å². The van der Waals surface area contributed by atoms with Crippen LogP contribution in [0.25, 0.3) is 0 Å². The molecule has 69 heavy (non-hydrogen) atoms. The Kier molecular flexibility index (Phi) is 53.9. The van der Waals surface area contributed by atoms with E-state index in [-0.39, 0.29) is 31.1 Å². The highest BCUT2D eigenvalue weighted by atomic mass is 16.6. The van der Waals surface area contributed by atoms with Crippen molar-refractivity contribution in [3.63, 3.8) is 0 Å². The summed E-state index contributed by atoms with van der Waals surface area (Å²) in [6.07, 6.45) is 75.4. The zero-order chi connectivity index (χ0) is 50.0.